The molecular weight excluding hydrogens is 311 g/mol. The molecule has 132 valence electrons. The lowest BCUT2D eigenvalue weighted by atomic mass is 9.98. The van der Waals surface area contributed by atoms with Crippen molar-refractivity contribution in [2.75, 3.05) is 33.3 Å². The summed E-state index contributed by atoms with van der Waals surface area (Å²) in [4.78, 5) is 27.7. The van der Waals surface area contributed by atoms with Gasteiger partial charge in [-0.25, -0.2) is 4.39 Å². The van der Waals surface area contributed by atoms with Gasteiger partial charge >= 0.3 is 5.97 Å². The lowest BCUT2D eigenvalue weighted by molar-refractivity contribution is -0.150. The van der Waals surface area contributed by atoms with E-state index in [1.54, 1.807) is 32.2 Å². The maximum Gasteiger partial charge on any atom is 0.310 e. The van der Waals surface area contributed by atoms with Crippen LogP contribution in [0.3, 0.4) is 0 Å². The van der Waals surface area contributed by atoms with E-state index in [-0.39, 0.29) is 36.7 Å². The SMILES string of the molecule is CCOC(=O)C1CCCN(CC(=O)N(C)Cc2ccccc2F)C1. The van der Waals surface area contributed by atoms with E-state index in [4.69, 9.17) is 4.74 Å². The number of hydrogen-bond donors (Lipinski definition) is 0. The quantitative estimate of drug-likeness (QED) is 0.746. The van der Waals surface area contributed by atoms with Crippen molar-refractivity contribution in [3.05, 3.63) is 35.6 Å². The molecule has 24 heavy (non-hydrogen) atoms. The standard InChI is InChI=1S/C18H25FN2O3/c1-3-24-18(23)15-8-6-10-21(12-15)13-17(22)20(2)11-14-7-4-5-9-16(14)19/h4-5,7,9,15H,3,6,8,10-13H2,1-2H3. The molecule has 1 heterocycles. The Morgan fingerprint density at radius 3 is 2.83 bits per heavy atom. The number of amides is 1. The summed E-state index contributed by atoms with van der Waals surface area (Å²) >= 11 is 0. The van der Waals surface area contributed by atoms with Crippen molar-refractivity contribution in [3.8, 4) is 0 Å². The van der Waals surface area contributed by atoms with Crippen LogP contribution < -0.4 is 0 Å². The van der Waals surface area contributed by atoms with Crippen LogP contribution in [0.5, 0.6) is 0 Å². The number of ether oxygens (including phenoxy) is 1. The zero-order chi connectivity index (χ0) is 17.5. The molecule has 1 fully saturated rings. The summed E-state index contributed by atoms with van der Waals surface area (Å²) in [5.74, 6) is -0.738. The first-order chi connectivity index (χ1) is 11.5. The Balaban J connectivity index is 1.87. The molecule has 1 saturated heterocycles. The maximum atomic E-state index is 13.7. The molecule has 1 amide bonds. The Morgan fingerprint density at radius 2 is 2.12 bits per heavy atom. The van der Waals surface area contributed by atoms with E-state index in [2.05, 4.69) is 0 Å². The number of esters is 1. The number of benzene rings is 1. The summed E-state index contributed by atoms with van der Waals surface area (Å²) in [5.41, 5.74) is 0.497. The van der Waals surface area contributed by atoms with Gasteiger partial charge in [-0.15, -0.1) is 0 Å². The molecule has 0 bridgehead atoms. The first-order valence-electron chi connectivity index (χ1n) is 8.37. The van der Waals surface area contributed by atoms with Gasteiger partial charge in [-0.3, -0.25) is 14.5 Å². The van der Waals surface area contributed by atoms with Gasteiger partial charge in [0.05, 0.1) is 19.1 Å². The molecule has 0 spiro atoms. The largest absolute Gasteiger partial charge is 0.466 e. The molecule has 5 nitrogen and oxygen atoms in total. The smallest absolute Gasteiger partial charge is 0.310 e. The van der Waals surface area contributed by atoms with E-state index in [1.807, 2.05) is 4.90 Å². The van der Waals surface area contributed by atoms with Gasteiger partial charge in [-0.05, 0) is 32.4 Å². The molecule has 0 aliphatic carbocycles. The van der Waals surface area contributed by atoms with Gasteiger partial charge in [0.2, 0.25) is 5.91 Å². The Hall–Kier alpha value is -1.95. The first kappa shape index (κ1) is 18.4. The van der Waals surface area contributed by atoms with Crippen LogP contribution in [0.15, 0.2) is 24.3 Å². The Morgan fingerprint density at radius 1 is 1.38 bits per heavy atom. The Kier molecular flexibility index (Phi) is 6.73. The molecule has 1 unspecified atom stereocenters. The molecule has 1 aromatic rings. The highest BCUT2D eigenvalue weighted by molar-refractivity contribution is 5.78. The van der Waals surface area contributed by atoms with Gasteiger partial charge in [0.15, 0.2) is 0 Å². The zero-order valence-electron chi connectivity index (χ0n) is 14.3. The van der Waals surface area contributed by atoms with E-state index in [0.29, 0.717) is 18.7 Å². The van der Waals surface area contributed by atoms with Crippen LogP contribution in [0.1, 0.15) is 25.3 Å². The van der Waals surface area contributed by atoms with E-state index in [0.717, 1.165) is 19.4 Å². The summed E-state index contributed by atoms with van der Waals surface area (Å²) in [6.45, 7) is 3.97. The second-order valence-corrected chi connectivity index (χ2v) is 6.17. The molecule has 0 radical (unpaired) electrons. The molecule has 0 saturated carbocycles. The predicted molar refractivity (Wildman–Crippen MR) is 88.7 cm³/mol. The van der Waals surface area contributed by atoms with Crippen LogP contribution in [0.4, 0.5) is 4.39 Å². The molecular formula is C18H25FN2O3. The second-order valence-electron chi connectivity index (χ2n) is 6.17. The monoisotopic (exact) mass is 336 g/mol. The number of hydrogen-bond acceptors (Lipinski definition) is 4. The number of likely N-dealkylation sites (N-methyl/N-ethyl adjacent to an activating group) is 1. The fourth-order valence-electron chi connectivity index (χ4n) is 2.93. The molecule has 6 heteroatoms. The van der Waals surface area contributed by atoms with Gasteiger partial charge in [-0.1, -0.05) is 18.2 Å². The van der Waals surface area contributed by atoms with E-state index >= 15 is 0 Å². The van der Waals surface area contributed by atoms with Gasteiger partial charge in [0, 0.05) is 25.7 Å². The summed E-state index contributed by atoms with van der Waals surface area (Å²) < 4.78 is 18.8. The van der Waals surface area contributed by atoms with Crippen LogP contribution in [0.2, 0.25) is 0 Å². The van der Waals surface area contributed by atoms with Crippen LogP contribution in [-0.2, 0) is 20.9 Å². The Labute approximate surface area is 142 Å². The highest BCUT2D eigenvalue weighted by Crippen LogP contribution is 2.18. The number of halogens is 1. The summed E-state index contributed by atoms with van der Waals surface area (Å²) in [6, 6.07) is 6.45. The molecule has 1 atom stereocenters. The number of carbonyl (C=O) groups is 2. The lowest BCUT2D eigenvalue weighted by Crippen LogP contribution is -2.44. The molecule has 0 N–H and O–H groups in total. The molecule has 1 aliphatic heterocycles. The molecule has 1 aliphatic rings. The second kappa shape index (κ2) is 8.78. The van der Waals surface area contributed by atoms with Crippen LogP contribution in [0.25, 0.3) is 0 Å². The number of piperidine rings is 1. The minimum absolute atomic E-state index is 0.0808. The summed E-state index contributed by atoms with van der Waals surface area (Å²) in [5, 5.41) is 0. The van der Waals surface area contributed by atoms with Crippen LogP contribution in [0, 0.1) is 11.7 Å². The number of nitrogens with zero attached hydrogens (tertiary/aromatic N) is 2. The topological polar surface area (TPSA) is 49.9 Å². The highest BCUT2D eigenvalue weighted by Gasteiger charge is 2.28. The van der Waals surface area contributed by atoms with Crippen molar-refractivity contribution in [2.24, 2.45) is 5.92 Å². The van der Waals surface area contributed by atoms with Crippen LogP contribution >= 0.6 is 0 Å². The van der Waals surface area contributed by atoms with Crippen LogP contribution in [-0.4, -0.2) is 55.0 Å². The van der Waals surface area contributed by atoms with E-state index < -0.39 is 0 Å². The lowest BCUT2D eigenvalue weighted by Gasteiger charge is -2.32. The third-order valence-electron chi connectivity index (χ3n) is 4.28. The molecule has 1 aromatic carbocycles. The van der Waals surface area contributed by atoms with Gasteiger partial charge in [0.25, 0.3) is 0 Å². The van der Waals surface area contributed by atoms with E-state index in [1.165, 1.54) is 11.0 Å². The third-order valence-corrected chi connectivity index (χ3v) is 4.28. The average Bonchev–Trinajstić information content (AvgIpc) is 2.57. The fourth-order valence-corrected chi connectivity index (χ4v) is 2.93. The summed E-state index contributed by atoms with van der Waals surface area (Å²) in [7, 11) is 1.67. The number of carbonyl (C=O) groups excluding carboxylic acids is 2. The van der Waals surface area contributed by atoms with Crippen molar-refractivity contribution in [1.82, 2.24) is 9.80 Å². The normalized spacial score (nSPS) is 18.2. The van der Waals surface area contributed by atoms with E-state index in [9.17, 15) is 14.0 Å². The van der Waals surface area contributed by atoms with Crippen molar-refractivity contribution in [1.29, 1.82) is 0 Å². The molecule has 0 aromatic heterocycles. The number of rotatable bonds is 6. The summed E-state index contributed by atoms with van der Waals surface area (Å²) in [6.07, 6.45) is 1.67. The van der Waals surface area contributed by atoms with Gasteiger partial charge < -0.3 is 9.64 Å². The average molecular weight is 336 g/mol. The maximum absolute atomic E-state index is 13.7. The van der Waals surface area contributed by atoms with Crippen molar-refractivity contribution >= 4 is 11.9 Å². The first-order valence-corrected chi connectivity index (χ1v) is 8.37. The molecule has 2 rings (SSSR count). The van der Waals surface area contributed by atoms with Crippen molar-refractivity contribution in [2.45, 2.75) is 26.3 Å². The number of likely N-dealkylation sites (tertiary alicyclic amines) is 1. The third kappa shape index (κ3) is 5.03. The minimum atomic E-state index is -0.308. The predicted octanol–water partition coefficient (Wildman–Crippen LogP) is 2.06. The fraction of sp³-hybridized carbons (Fsp3) is 0.556. The van der Waals surface area contributed by atoms with Gasteiger partial charge in [0.1, 0.15) is 5.82 Å². The zero-order valence-corrected chi connectivity index (χ0v) is 14.3. The van der Waals surface area contributed by atoms with Crippen molar-refractivity contribution in [3.63, 3.8) is 0 Å². The van der Waals surface area contributed by atoms with Crippen molar-refractivity contribution < 1.29 is 18.7 Å². The van der Waals surface area contributed by atoms with Gasteiger partial charge in [-0.2, -0.15) is 0 Å². The highest BCUT2D eigenvalue weighted by atomic mass is 19.1. The Bertz CT molecular complexity index is 579. The minimum Gasteiger partial charge on any atom is -0.466 e.